The molecule has 0 bridgehead atoms. The molecule has 0 rings (SSSR count). The van der Waals surface area contributed by atoms with Gasteiger partial charge in [-0.05, 0) is 6.92 Å². The van der Waals surface area contributed by atoms with Crippen LogP contribution >= 0.6 is 0 Å². The summed E-state index contributed by atoms with van der Waals surface area (Å²) in [7, 11) is 0. The molecular formula is C12H11F11O4. The minimum atomic E-state index is -7.61. The Hall–Kier alpha value is -1.64. The number of hydrogen-bond acceptors (Lipinski definition) is 4. The Morgan fingerprint density at radius 3 is 1.70 bits per heavy atom. The fourth-order valence-electron chi connectivity index (χ4n) is 1.49. The third-order valence-electron chi connectivity index (χ3n) is 2.91. The van der Waals surface area contributed by atoms with Gasteiger partial charge in [-0.1, -0.05) is 6.58 Å². The summed E-state index contributed by atoms with van der Waals surface area (Å²) in [6, 6.07) is 0. The predicted molar refractivity (Wildman–Crippen MR) is 63.3 cm³/mol. The van der Waals surface area contributed by atoms with Crippen molar-refractivity contribution in [1.29, 1.82) is 0 Å². The summed E-state index contributed by atoms with van der Waals surface area (Å²) in [5, 5.41) is 9.03. The highest BCUT2D eigenvalue weighted by atomic mass is 19.4. The number of halogens is 11. The fourth-order valence-corrected chi connectivity index (χ4v) is 1.49. The minimum absolute atomic E-state index is 0.307. The molecule has 15 heteroatoms. The zero-order valence-electron chi connectivity index (χ0n) is 13.0. The van der Waals surface area contributed by atoms with Crippen LogP contribution in [0.4, 0.5) is 48.3 Å². The van der Waals surface area contributed by atoms with Crippen molar-refractivity contribution in [2.24, 2.45) is 0 Å². The lowest BCUT2D eigenvalue weighted by Gasteiger charge is -2.40. The molecule has 0 saturated heterocycles. The van der Waals surface area contributed by atoms with Crippen LogP contribution in [0, 0.1) is 0 Å². The van der Waals surface area contributed by atoms with Crippen molar-refractivity contribution in [3.05, 3.63) is 12.2 Å². The van der Waals surface area contributed by atoms with Crippen molar-refractivity contribution in [1.82, 2.24) is 0 Å². The number of carbonyl (C=O) groups excluding carboxylic acids is 1. The van der Waals surface area contributed by atoms with Gasteiger partial charge in [0.1, 0.15) is 6.61 Å². The largest absolute Gasteiger partial charge is 0.438 e. The van der Waals surface area contributed by atoms with Gasteiger partial charge in [0.15, 0.2) is 0 Å². The number of hydrogen-bond donors (Lipinski definition) is 1. The monoisotopic (exact) mass is 428 g/mol. The molecule has 0 aromatic heterocycles. The van der Waals surface area contributed by atoms with Gasteiger partial charge in [0, 0.05) is 12.0 Å². The maximum atomic E-state index is 13.4. The first-order valence-electron chi connectivity index (χ1n) is 6.47. The Morgan fingerprint density at radius 2 is 1.37 bits per heavy atom. The summed E-state index contributed by atoms with van der Waals surface area (Å²) in [6.07, 6.45) is -20.6. The zero-order chi connectivity index (χ0) is 22.1. The zero-order valence-corrected chi connectivity index (χ0v) is 13.0. The first-order chi connectivity index (χ1) is 11.7. The van der Waals surface area contributed by atoms with Gasteiger partial charge in [0.2, 0.25) is 0 Å². The number of alkyl halides is 11. The predicted octanol–water partition coefficient (Wildman–Crippen LogP) is 3.89. The van der Waals surface area contributed by atoms with Gasteiger partial charge >= 0.3 is 35.8 Å². The quantitative estimate of drug-likeness (QED) is 0.276. The van der Waals surface area contributed by atoms with Crippen LogP contribution in [0.15, 0.2) is 12.2 Å². The van der Waals surface area contributed by atoms with E-state index in [1.807, 2.05) is 0 Å². The van der Waals surface area contributed by atoms with Crippen LogP contribution in [0.3, 0.4) is 0 Å². The molecule has 0 heterocycles. The third kappa shape index (κ3) is 5.00. The molecule has 4 nitrogen and oxygen atoms in total. The van der Waals surface area contributed by atoms with Crippen LogP contribution in [0.5, 0.6) is 0 Å². The van der Waals surface area contributed by atoms with Gasteiger partial charge in [-0.2, -0.15) is 48.8 Å². The van der Waals surface area contributed by atoms with E-state index in [2.05, 4.69) is 16.4 Å². The average molecular weight is 428 g/mol. The fraction of sp³-hybridized carbons (Fsp3) is 0.750. The number of aliphatic hydroxyl groups is 1. The minimum Gasteiger partial charge on any atom is -0.390 e. The smallest absolute Gasteiger partial charge is 0.390 e. The maximum absolute atomic E-state index is 13.4. The summed E-state index contributed by atoms with van der Waals surface area (Å²) >= 11 is 0. The Bertz CT molecular complexity index is 539. The van der Waals surface area contributed by atoms with Crippen LogP contribution in [-0.4, -0.2) is 53.7 Å². The lowest BCUT2D eigenvalue weighted by molar-refractivity contribution is -0.428. The first kappa shape index (κ1) is 25.4. The highest BCUT2D eigenvalue weighted by Gasteiger charge is 2.89. The molecule has 0 spiro atoms. The number of aliphatic hydroxyl groups excluding tert-OH is 1. The number of rotatable bonds is 8. The van der Waals surface area contributed by atoms with Crippen LogP contribution in [0.2, 0.25) is 0 Å². The summed E-state index contributed by atoms with van der Waals surface area (Å²) in [5.74, 6) is -15.0. The van der Waals surface area contributed by atoms with E-state index in [-0.39, 0.29) is 5.57 Å². The van der Waals surface area contributed by atoms with Crippen LogP contribution in [0.25, 0.3) is 0 Å². The normalized spacial score (nSPS) is 15.4. The van der Waals surface area contributed by atoms with Crippen LogP contribution < -0.4 is 0 Å². The second kappa shape index (κ2) is 7.77. The molecule has 1 unspecified atom stereocenters. The molecule has 0 aliphatic carbocycles. The molecule has 0 fully saturated rings. The van der Waals surface area contributed by atoms with E-state index in [0.717, 1.165) is 6.92 Å². The topological polar surface area (TPSA) is 55.8 Å². The molecule has 0 saturated carbocycles. The van der Waals surface area contributed by atoms with Gasteiger partial charge < -0.3 is 5.11 Å². The van der Waals surface area contributed by atoms with Gasteiger partial charge in [-0.15, -0.1) is 0 Å². The van der Waals surface area contributed by atoms with Gasteiger partial charge in [-0.3, -0.25) is 4.89 Å². The van der Waals surface area contributed by atoms with Crippen LogP contribution in [0.1, 0.15) is 13.3 Å². The Morgan fingerprint density at radius 1 is 0.963 bits per heavy atom. The molecule has 0 aromatic carbocycles. The first-order valence-corrected chi connectivity index (χ1v) is 6.47. The Kier molecular flexibility index (Phi) is 7.30. The molecular weight excluding hydrogens is 417 g/mol. The molecule has 1 N–H and O–H groups in total. The number of carbonyl (C=O) groups is 1. The molecule has 0 aliphatic rings. The second-order valence-corrected chi connectivity index (χ2v) is 5.23. The average Bonchev–Trinajstić information content (AvgIpc) is 2.42. The van der Waals surface area contributed by atoms with E-state index >= 15 is 0 Å². The lowest BCUT2D eigenvalue weighted by Crippen LogP contribution is -2.70. The SMILES string of the molecule is C=C(C)C(=O)OOCC(O)CC(F)(F)C(F)(F)C(F)(C(F)(F)F)C(F)(F)F. The van der Waals surface area contributed by atoms with Crippen molar-refractivity contribution >= 4 is 5.97 Å². The van der Waals surface area contributed by atoms with Gasteiger partial charge in [-0.25, -0.2) is 9.18 Å². The highest BCUT2D eigenvalue weighted by molar-refractivity contribution is 5.86. The Labute approximate surface area is 143 Å². The van der Waals surface area contributed by atoms with E-state index in [9.17, 15) is 53.1 Å². The van der Waals surface area contributed by atoms with Crippen molar-refractivity contribution in [2.45, 2.75) is 49.3 Å². The molecule has 27 heavy (non-hydrogen) atoms. The van der Waals surface area contributed by atoms with E-state index < -0.39 is 55.0 Å². The van der Waals surface area contributed by atoms with E-state index in [1.54, 1.807) is 0 Å². The van der Waals surface area contributed by atoms with Gasteiger partial charge in [0.25, 0.3) is 0 Å². The maximum Gasteiger partial charge on any atom is 0.438 e. The summed E-state index contributed by atoms with van der Waals surface area (Å²) < 4.78 is 140. The second-order valence-electron chi connectivity index (χ2n) is 5.23. The van der Waals surface area contributed by atoms with Crippen molar-refractivity contribution in [2.75, 3.05) is 6.61 Å². The third-order valence-corrected chi connectivity index (χ3v) is 2.91. The van der Waals surface area contributed by atoms with Crippen LogP contribution in [-0.2, 0) is 14.6 Å². The molecule has 0 aliphatic heterocycles. The Balaban J connectivity index is 5.47. The highest BCUT2D eigenvalue weighted by Crippen LogP contribution is 2.59. The lowest BCUT2D eigenvalue weighted by atomic mass is 9.88. The molecule has 1 atom stereocenters. The summed E-state index contributed by atoms with van der Waals surface area (Å²) in [6.45, 7) is 2.55. The summed E-state index contributed by atoms with van der Waals surface area (Å²) in [4.78, 5) is 18.4. The molecule has 0 radical (unpaired) electrons. The van der Waals surface area contributed by atoms with Gasteiger partial charge in [0.05, 0.1) is 6.10 Å². The van der Waals surface area contributed by atoms with E-state index in [0.29, 0.717) is 0 Å². The molecule has 160 valence electrons. The standard InChI is InChI=1S/C12H11F11O4/c1-5(2)7(25)27-26-4-6(24)3-8(13,14)10(16,17)9(15,11(18,19)20)12(21,22)23/h6,24H,1,3-4H2,2H3. The van der Waals surface area contributed by atoms with Crippen molar-refractivity contribution in [3.8, 4) is 0 Å². The molecule has 0 amide bonds. The molecule has 0 aromatic rings. The summed E-state index contributed by atoms with van der Waals surface area (Å²) in [5.41, 5.74) is -7.91. The van der Waals surface area contributed by atoms with E-state index in [4.69, 9.17) is 5.11 Å². The van der Waals surface area contributed by atoms with Crippen molar-refractivity contribution < 1.29 is 68.0 Å². The van der Waals surface area contributed by atoms with E-state index in [1.165, 1.54) is 0 Å². The van der Waals surface area contributed by atoms with Crippen molar-refractivity contribution in [3.63, 3.8) is 0 Å².